The van der Waals surface area contributed by atoms with Gasteiger partial charge in [0.1, 0.15) is 11.2 Å². The molecule has 2 amide bonds. The number of imide groups is 1. The number of hydrogen-bond acceptors (Lipinski definition) is 4. The van der Waals surface area contributed by atoms with Gasteiger partial charge in [0, 0.05) is 22.0 Å². The van der Waals surface area contributed by atoms with Gasteiger partial charge >= 0.3 is 5.97 Å². The van der Waals surface area contributed by atoms with E-state index in [9.17, 15) is 14.4 Å². The van der Waals surface area contributed by atoms with E-state index >= 15 is 0 Å². The molecule has 2 heterocycles. The predicted molar refractivity (Wildman–Crippen MR) is 121 cm³/mol. The van der Waals surface area contributed by atoms with Crippen molar-refractivity contribution in [3.8, 4) is 5.75 Å². The summed E-state index contributed by atoms with van der Waals surface area (Å²) in [6.07, 6.45) is -0.142. The van der Waals surface area contributed by atoms with E-state index in [1.54, 1.807) is 54.6 Å². The van der Waals surface area contributed by atoms with Crippen LogP contribution >= 0.6 is 23.2 Å². The minimum absolute atomic E-state index is 0.142. The molecule has 2 aliphatic heterocycles. The van der Waals surface area contributed by atoms with Crippen LogP contribution in [0.2, 0.25) is 10.0 Å². The number of anilines is 1. The fourth-order valence-corrected chi connectivity index (χ4v) is 5.02. The molecular formula is C25H17Cl2NO4. The van der Waals surface area contributed by atoms with Crippen molar-refractivity contribution in [1.82, 2.24) is 0 Å². The Morgan fingerprint density at radius 1 is 0.938 bits per heavy atom. The van der Waals surface area contributed by atoms with Crippen molar-refractivity contribution in [2.45, 2.75) is 18.8 Å². The summed E-state index contributed by atoms with van der Waals surface area (Å²) in [5.74, 6) is -2.05. The summed E-state index contributed by atoms with van der Waals surface area (Å²) in [4.78, 5) is 41.4. The maximum atomic E-state index is 13.7. The largest absolute Gasteiger partial charge is 0.425 e. The van der Waals surface area contributed by atoms with Crippen LogP contribution in [0.4, 0.5) is 5.69 Å². The molecule has 0 spiro atoms. The number of nitrogens with zero attached hydrogens (tertiary/aromatic N) is 1. The number of hydrogen-bond donors (Lipinski definition) is 0. The van der Waals surface area contributed by atoms with E-state index in [-0.39, 0.29) is 6.42 Å². The zero-order valence-electron chi connectivity index (χ0n) is 17.0. The molecule has 0 unspecified atom stereocenters. The van der Waals surface area contributed by atoms with Crippen molar-refractivity contribution < 1.29 is 19.1 Å². The molecule has 7 heteroatoms. The first-order valence-electron chi connectivity index (χ1n) is 10.0. The zero-order chi connectivity index (χ0) is 22.6. The second kappa shape index (κ2) is 7.47. The number of halogens is 2. The number of aryl methyl sites for hydroxylation is 1. The van der Waals surface area contributed by atoms with Crippen LogP contribution in [0.3, 0.4) is 0 Å². The lowest BCUT2D eigenvalue weighted by Crippen LogP contribution is -2.46. The molecule has 0 bridgehead atoms. The predicted octanol–water partition coefficient (Wildman–Crippen LogP) is 5.09. The standard InChI is InChI=1S/C25H17Cl2NO4/c1-14-5-10-21-19(11-14)25(24(31)32-21,15-6-8-16(26)9-7-15)20-13-22(29)28(23(20)30)18-4-2-3-17(27)12-18/h2-12,20H,13H2,1H3/t20-,25+/m1/s1. The summed E-state index contributed by atoms with van der Waals surface area (Å²) >= 11 is 12.2. The summed E-state index contributed by atoms with van der Waals surface area (Å²) in [6.45, 7) is 1.90. The second-order valence-corrected chi connectivity index (χ2v) is 8.88. The molecule has 1 saturated heterocycles. The van der Waals surface area contributed by atoms with Gasteiger partial charge < -0.3 is 4.74 Å². The Morgan fingerprint density at radius 2 is 1.69 bits per heavy atom. The average molecular weight is 466 g/mol. The molecule has 0 N–H and O–H groups in total. The Morgan fingerprint density at radius 3 is 2.41 bits per heavy atom. The highest BCUT2D eigenvalue weighted by atomic mass is 35.5. The Hall–Kier alpha value is -3.15. The molecule has 2 aliphatic rings. The van der Waals surface area contributed by atoms with Gasteiger partial charge in [-0.05, 0) is 48.9 Å². The smallest absolute Gasteiger partial charge is 0.327 e. The van der Waals surface area contributed by atoms with E-state index in [0.29, 0.717) is 32.6 Å². The lowest BCUT2D eigenvalue weighted by atomic mass is 9.65. The number of carbonyl (C=O) groups excluding carboxylic acids is 3. The van der Waals surface area contributed by atoms with Gasteiger partial charge in [-0.25, -0.2) is 0 Å². The highest BCUT2D eigenvalue weighted by molar-refractivity contribution is 6.31. The highest BCUT2D eigenvalue weighted by Gasteiger charge is 2.62. The number of esters is 1. The van der Waals surface area contributed by atoms with Crippen molar-refractivity contribution in [2.24, 2.45) is 5.92 Å². The summed E-state index contributed by atoms with van der Waals surface area (Å²) in [5.41, 5.74) is 0.937. The number of benzene rings is 3. The van der Waals surface area contributed by atoms with Crippen molar-refractivity contribution in [3.63, 3.8) is 0 Å². The minimum atomic E-state index is -1.47. The molecule has 3 aromatic rings. The molecule has 32 heavy (non-hydrogen) atoms. The van der Waals surface area contributed by atoms with Crippen LogP contribution in [0.15, 0.2) is 66.7 Å². The van der Waals surface area contributed by atoms with E-state index in [2.05, 4.69) is 0 Å². The van der Waals surface area contributed by atoms with Crippen LogP contribution in [0.25, 0.3) is 0 Å². The van der Waals surface area contributed by atoms with Crippen LogP contribution in [-0.4, -0.2) is 17.8 Å². The zero-order valence-corrected chi connectivity index (χ0v) is 18.5. The number of amides is 2. The van der Waals surface area contributed by atoms with Gasteiger partial charge in [0.15, 0.2) is 0 Å². The summed E-state index contributed by atoms with van der Waals surface area (Å²) in [5, 5.41) is 0.898. The van der Waals surface area contributed by atoms with Gasteiger partial charge in [-0.15, -0.1) is 0 Å². The van der Waals surface area contributed by atoms with Crippen LogP contribution in [0.5, 0.6) is 5.75 Å². The summed E-state index contributed by atoms with van der Waals surface area (Å²) < 4.78 is 5.64. The van der Waals surface area contributed by atoms with Gasteiger partial charge in [0.05, 0.1) is 11.6 Å². The first-order valence-corrected chi connectivity index (χ1v) is 10.8. The molecular weight excluding hydrogens is 449 g/mol. The monoisotopic (exact) mass is 465 g/mol. The van der Waals surface area contributed by atoms with Crippen LogP contribution in [0.1, 0.15) is 23.1 Å². The lowest BCUT2D eigenvalue weighted by molar-refractivity contribution is -0.141. The number of fused-ring (bicyclic) bond motifs is 1. The van der Waals surface area contributed by atoms with Crippen LogP contribution in [0, 0.1) is 12.8 Å². The summed E-state index contributed by atoms with van der Waals surface area (Å²) in [6, 6.07) is 18.7. The lowest BCUT2D eigenvalue weighted by Gasteiger charge is -2.31. The van der Waals surface area contributed by atoms with E-state index in [0.717, 1.165) is 10.5 Å². The molecule has 160 valence electrons. The number of carbonyl (C=O) groups is 3. The van der Waals surface area contributed by atoms with Crippen LogP contribution in [-0.2, 0) is 19.8 Å². The average Bonchev–Trinajstić information content (AvgIpc) is 3.21. The number of ether oxygens (including phenoxy) is 1. The molecule has 3 aromatic carbocycles. The quantitative estimate of drug-likeness (QED) is 0.307. The third-order valence-electron chi connectivity index (χ3n) is 6.12. The van der Waals surface area contributed by atoms with Gasteiger partial charge in [0.2, 0.25) is 11.8 Å². The molecule has 2 atom stereocenters. The molecule has 0 aliphatic carbocycles. The Balaban J connectivity index is 1.72. The molecule has 0 aromatic heterocycles. The van der Waals surface area contributed by atoms with Crippen molar-refractivity contribution in [1.29, 1.82) is 0 Å². The fraction of sp³-hybridized carbons (Fsp3) is 0.160. The van der Waals surface area contributed by atoms with E-state index < -0.39 is 29.1 Å². The Bertz CT molecular complexity index is 1290. The number of rotatable bonds is 3. The van der Waals surface area contributed by atoms with Crippen molar-refractivity contribution in [3.05, 3.63) is 93.5 Å². The van der Waals surface area contributed by atoms with Crippen LogP contribution < -0.4 is 9.64 Å². The summed E-state index contributed by atoms with van der Waals surface area (Å²) in [7, 11) is 0. The van der Waals surface area contributed by atoms with Gasteiger partial charge in [-0.3, -0.25) is 19.3 Å². The van der Waals surface area contributed by atoms with E-state index in [4.69, 9.17) is 27.9 Å². The normalized spacial score (nSPS) is 22.3. The maximum Gasteiger partial charge on any atom is 0.327 e. The third-order valence-corrected chi connectivity index (χ3v) is 6.61. The van der Waals surface area contributed by atoms with E-state index in [1.807, 2.05) is 19.1 Å². The Kier molecular flexibility index (Phi) is 4.84. The van der Waals surface area contributed by atoms with Gasteiger partial charge in [0.25, 0.3) is 0 Å². The highest BCUT2D eigenvalue weighted by Crippen LogP contribution is 2.53. The third kappa shape index (κ3) is 2.96. The van der Waals surface area contributed by atoms with E-state index in [1.165, 1.54) is 0 Å². The fourth-order valence-electron chi connectivity index (χ4n) is 4.71. The van der Waals surface area contributed by atoms with Gasteiger partial charge in [-0.2, -0.15) is 0 Å². The molecule has 5 nitrogen and oxygen atoms in total. The molecule has 5 rings (SSSR count). The molecule has 0 radical (unpaired) electrons. The first-order chi connectivity index (χ1) is 15.3. The molecule has 1 fully saturated rings. The molecule has 0 saturated carbocycles. The minimum Gasteiger partial charge on any atom is -0.425 e. The van der Waals surface area contributed by atoms with Gasteiger partial charge in [-0.1, -0.05) is 59.1 Å². The van der Waals surface area contributed by atoms with Crippen molar-refractivity contribution in [2.75, 3.05) is 4.90 Å². The first kappa shape index (κ1) is 20.7. The topological polar surface area (TPSA) is 63.7 Å². The van der Waals surface area contributed by atoms with Crippen molar-refractivity contribution >= 4 is 46.7 Å². The second-order valence-electron chi connectivity index (χ2n) is 8.01. The SMILES string of the molecule is Cc1ccc2c(c1)[C@@](c1ccc(Cl)cc1)([C@@H]1CC(=O)N(c3cccc(Cl)c3)C1=O)C(=O)O2. The Labute approximate surface area is 194 Å². The maximum absolute atomic E-state index is 13.7.